The van der Waals surface area contributed by atoms with Gasteiger partial charge in [0.25, 0.3) is 0 Å². The fourth-order valence-corrected chi connectivity index (χ4v) is 2.96. The van der Waals surface area contributed by atoms with Gasteiger partial charge >= 0.3 is 0 Å². The van der Waals surface area contributed by atoms with Crippen LogP contribution in [0.25, 0.3) is 11.0 Å². The second-order valence-corrected chi connectivity index (χ2v) is 5.82. The lowest BCUT2D eigenvalue weighted by Crippen LogP contribution is -2.15. The Labute approximate surface area is 129 Å². The molecule has 0 N–H and O–H groups in total. The van der Waals surface area contributed by atoms with E-state index < -0.39 is 0 Å². The van der Waals surface area contributed by atoms with Crippen LogP contribution in [0.15, 0.2) is 36.9 Å². The fraction of sp³-hybridized carbons (Fsp3) is 0.375. The zero-order valence-corrected chi connectivity index (χ0v) is 13.1. The minimum atomic E-state index is 0.296. The van der Waals surface area contributed by atoms with E-state index in [-0.39, 0.29) is 0 Å². The average molecular weight is 303 g/mol. The summed E-state index contributed by atoms with van der Waals surface area (Å²) in [5.74, 6) is 1.64. The van der Waals surface area contributed by atoms with Crippen LogP contribution in [-0.4, -0.2) is 25.0 Å². The van der Waals surface area contributed by atoms with Gasteiger partial charge in [0, 0.05) is 31.2 Å². The zero-order chi connectivity index (χ0) is 14.8. The van der Waals surface area contributed by atoms with Crippen LogP contribution in [0.1, 0.15) is 24.4 Å². The predicted octanol–water partition coefficient (Wildman–Crippen LogP) is 3.58. The summed E-state index contributed by atoms with van der Waals surface area (Å²) in [4.78, 5) is 8.86. The van der Waals surface area contributed by atoms with E-state index in [1.165, 1.54) is 11.1 Å². The van der Waals surface area contributed by atoms with E-state index in [0.29, 0.717) is 11.9 Å². The van der Waals surface area contributed by atoms with Crippen LogP contribution in [0.2, 0.25) is 0 Å². The van der Waals surface area contributed by atoms with Crippen molar-refractivity contribution >= 4 is 22.6 Å². The van der Waals surface area contributed by atoms with E-state index >= 15 is 0 Å². The molecule has 0 spiro atoms. The van der Waals surface area contributed by atoms with Crippen molar-refractivity contribution in [1.29, 1.82) is 0 Å². The SMILES string of the molecule is Cc1ccc2nc(CCCl)n(C(C)Cn3ccnc3)c2c1. The van der Waals surface area contributed by atoms with Gasteiger partial charge in [-0.25, -0.2) is 9.97 Å². The van der Waals surface area contributed by atoms with Crippen molar-refractivity contribution in [3.8, 4) is 0 Å². The number of hydrogen-bond donors (Lipinski definition) is 0. The standard InChI is InChI=1S/C16H19ClN4/c1-12-3-4-14-15(9-12)21(16(19-14)5-6-17)13(2)10-20-8-7-18-11-20/h3-4,7-9,11,13H,5-6,10H2,1-2H3. The summed E-state index contributed by atoms with van der Waals surface area (Å²) < 4.78 is 4.40. The Kier molecular flexibility index (Phi) is 3.97. The molecule has 2 heterocycles. The van der Waals surface area contributed by atoms with Gasteiger partial charge in [-0.15, -0.1) is 11.6 Å². The summed E-state index contributed by atoms with van der Waals surface area (Å²) in [5.41, 5.74) is 3.47. The molecule has 3 rings (SSSR count). The molecule has 110 valence electrons. The average Bonchev–Trinajstić information content (AvgIpc) is 3.06. The van der Waals surface area contributed by atoms with Crippen molar-refractivity contribution in [1.82, 2.24) is 19.1 Å². The molecule has 5 heteroatoms. The number of rotatable bonds is 5. The number of halogens is 1. The van der Waals surface area contributed by atoms with E-state index in [1.54, 1.807) is 0 Å². The van der Waals surface area contributed by atoms with Gasteiger partial charge in [-0.2, -0.15) is 0 Å². The zero-order valence-electron chi connectivity index (χ0n) is 12.3. The van der Waals surface area contributed by atoms with Crippen LogP contribution in [0.5, 0.6) is 0 Å². The Balaban J connectivity index is 2.05. The van der Waals surface area contributed by atoms with Gasteiger partial charge in [-0.3, -0.25) is 0 Å². The normalized spacial score (nSPS) is 12.9. The number of hydrogen-bond acceptors (Lipinski definition) is 2. The molecule has 1 aromatic carbocycles. The highest BCUT2D eigenvalue weighted by molar-refractivity contribution is 6.17. The molecule has 0 aliphatic carbocycles. The second kappa shape index (κ2) is 5.90. The first-order valence-corrected chi connectivity index (χ1v) is 7.71. The molecule has 0 aliphatic rings. The molecule has 0 amide bonds. The van der Waals surface area contributed by atoms with Crippen molar-refractivity contribution in [3.63, 3.8) is 0 Å². The lowest BCUT2D eigenvalue weighted by molar-refractivity contribution is 0.461. The van der Waals surface area contributed by atoms with Crippen molar-refractivity contribution in [2.45, 2.75) is 32.9 Å². The Morgan fingerprint density at radius 2 is 2.19 bits per heavy atom. The monoisotopic (exact) mass is 302 g/mol. The number of nitrogens with zero attached hydrogens (tertiary/aromatic N) is 4. The van der Waals surface area contributed by atoms with Crippen molar-refractivity contribution in [2.24, 2.45) is 0 Å². The van der Waals surface area contributed by atoms with Crippen molar-refractivity contribution in [2.75, 3.05) is 5.88 Å². The van der Waals surface area contributed by atoms with Gasteiger partial charge in [-0.05, 0) is 31.5 Å². The predicted molar refractivity (Wildman–Crippen MR) is 85.8 cm³/mol. The minimum Gasteiger partial charge on any atom is -0.335 e. The van der Waals surface area contributed by atoms with Crippen LogP contribution < -0.4 is 0 Å². The lowest BCUT2D eigenvalue weighted by Gasteiger charge is -2.18. The van der Waals surface area contributed by atoms with Gasteiger partial charge in [0.2, 0.25) is 0 Å². The summed E-state index contributed by atoms with van der Waals surface area (Å²) in [7, 11) is 0. The Hall–Kier alpha value is -1.81. The lowest BCUT2D eigenvalue weighted by atomic mass is 10.2. The number of fused-ring (bicyclic) bond motifs is 1. The maximum Gasteiger partial charge on any atom is 0.111 e. The second-order valence-electron chi connectivity index (χ2n) is 5.44. The van der Waals surface area contributed by atoms with Gasteiger partial charge in [0.15, 0.2) is 0 Å². The van der Waals surface area contributed by atoms with E-state index in [0.717, 1.165) is 24.3 Å². The maximum atomic E-state index is 5.95. The van der Waals surface area contributed by atoms with Gasteiger partial charge in [-0.1, -0.05) is 6.07 Å². The molecule has 1 atom stereocenters. The quantitative estimate of drug-likeness (QED) is 0.675. The third-order valence-corrected chi connectivity index (χ3v) is 3.90. The first-order valence-electron chi connectivity index (χ1n) is 7.18. The molecule has 0 aliphatic heterocycles. The maximum absolute atomic E-state index is 5.95. The van der Waals surface area contributed by atoms with Gasteiger partial charge in [0.05, 0.1) is 23.4 Å². The first kappa shape index (κ1) is 14.1. The van der Waals surface area contributed by atoms with Crippen LogP contribution >= 0.6 is 11.6 Å². The van der Waals surface area contributed by atoms with Crippen molar-refractivity contribution < 1.29 is 0 Å². The number of aromatic nitrogens is 4. The van der Waals surface area contributed by atoms with Crippen LogP contribution in [0, 0.1) is 6.92 Å². The number of aryl methyl sites for hydroxylation is 2. The molecule has 1 unspecified atom stereocenters. The summed E-state index contributed by atoms with van der Waals surface area (Å²) in [6.07, 6.45) is 6.43. The summed E-state index contributed by atoms with van der Waals surface area (Å²) in [6.45, 7) is 5.19. The third kappa shape index (κ3) is 2.81. The molecule has 3 aromatic rings. The molecule has 0 saturated carbocycles. The van der Waals surface area contributed by atoms with Gasteiger partial charge < -0.3 is 9.13 Å². The Bertz CT molecular complexity index is 730. The molecular formula is C16H19ClN4. The smallest absolute Gasteiger partial charge is 0.111 e. The van der Waals surface area contributed by atoms with E-state index in [9.17, 15) is 0 Å². The summed E-state index contributed by atoms with van der Waals surface area (Å²) in [6, 6.07) is 6.68. The highest BCUT2D eigenvalue weighted by Gasteiger charge is 2.16. The molecule has 0 radical (unpaired) electrons. The molecule has 0 saturated heterocycles. The van der Waals surface area contributed by atoms with Crippen molar-refractivity contribution in [3.05, 3.63) is 48.3 Å². The number of alkyl halides is 1. The first-order chi connectivity index (χ1) is 10.2. The topological polar surface area (TPSA) is 35.6 Å². The van der Waals surface area contributed by atoms with Crippen LogP contribution in [0.3, 0.4) is 0 Å². The largest absolute Gasteiger partial charge is 0.335 e. The molecule has 0 fully saturated rings. The molecule has 2 aromatic heterocycles. The number of imidazole rings is 2. The van der Waals surface area contributed by atoms with Crippen LogP contribution in [0.4, 0.5) is 0 Å². The Morgan fingerprint density at radius 3 is 2.90 bits per heavy atom. The van der Waals surface area contributed by atoms with E-state index in [4.69, 9.17) is 16.6 Å². The molecular weight excluding hydrogens is 284 g/mol. The number of benzene rings is 1. The fourth-order valence-electron chi connectivity index (χ4n) is 2.79. The Morgan fingerprint density at radius 1 is 1.33 bits per heavy atom. The van der Waals surface area contributed by atoms with Crippen LogP contribution in [-0.2, 0) is 13.0 Å². The highest BCUT2D eigenvalue weighted by Crippen LogP contribution is 2.24. The van der Waals surface area contributed by atoms with Gasteiger partial charge in [0.1, 0.15) is 5.82 Å². The minimum absolute atomic E-state index is 0.296. The summed E-state index contributed by atoms with van der Waals surface area (Å²) >= 11 is 5.95. The van der Waals surface area contributed by atoms with E-state index in [2.05, 4.69) is 46.2 Å². The third-order valence-electron chi connectivity index (χ3n) is 3.71. The van der Waals surface area contributed by atoms with E-state index in [1.807, 2.05) is 18.7 Å². The highest BCUT2D eigenvalue weighted by atomic mass is 35.5. The summed E-state index contributed by atoms with van der Waals surface area (Å²) in [5, 5.41) is 0. The molecule has 21 heavy (non-hydrogen) atoms. The molecule has 0 bridgehead atoms. The molecule has 4 nitrogen and oxygen atoms in total.